The van der Waals surface area contributed by atoms with Gasteiger partial charge in [-0.15, -0.1) is 24.5 Å². The number of ether oxygens (including phenoxy) is 3. The van der Waals surface area contributed by atoms with Crippen molar-refractivity contribution in [3.05, 3.63) is 89.1 Å². The van der Waals surface area contributed by atoms with Crippen LogP contribution in [0, 0.1) is 6.92 Å². The van der Waals surface area contributed by atoms with Crippen molar-refractivity contribution in [2.24, 2.45) is 0 Å². The normalized spacial score (nSPS) is 11.7. The van der Waals surface area contributed by atoms with E-state index in [9.17, 15) is 18.0 Å². The van der Waals surface area contributed by atoms with Gasteiger partial charge in [-0.25, -0.2) is 9.48 Å². The zero-order valence-electron chi connectivity index (χ0n) is 22.2. The molecule has 2 heterocycles. The number of halogens is 3. The SMILES string of the molecule is Cc1cc(OCc2c(C(C)C)cnn2-c2ccccc2OC(F)(F)F)ccc1-c1ccc2c(OC(=O)O)csc2c1. The summed E-state index contributed by atoms with van der Waals surface area (Å²) in [5.74, 6) is 0.583. The van der Waals surface area contributed by atoms with Gasteiger partial charge in [0, 0.05) is 15.5 Å². The molecule has 41 heavy (non-hydrogen) atoms. The molecular formula is C30H25F3N2O5S. The maximum absolute atomic E-state index is 13.1. The van der Waals surface area contributed by atoms with E-state index in [1.54, 1.807) is 17.6 Å². The Morgan fingerprint density at radius 3 is 2.56 bits per heavy atom. The van der Waals surface area contributed by atoms with Crippen LogP contribution in [0.3, 0.4) is 0 Å². The molecular weight excluding hydrogens is 557 g/mol. The third kappa shape index (κ3) is 6.14. The summed E-state index contributed by atoms with van der Waals surface area (Å²) in [6, 6.07) is 17.2. The van der Waals surface area contributed by atoms with Crippen molar-refractivity contribution in [3.8, 4) is 34.1 Å². The number of thiophene rings is 1. The first-order valence-corrected chi connectivity index (χ1v) is 13.5. The van der Waals surface area contributed by atoms with Gasteiger partial charge in [0.1, 0.15) is 18.0 Å². The summed E-state index contributed by atoms with van der Waals surface area (Å²) in [6.07, 6.45) is -4.57. The van der Waals surface area contributed by atoms with E-state index in [4.69, 9.17) is 14.6 Å². The van der Waals surface area contributed by atoms with Crippen molar-refractivity contribution < 1.29 is 37.3 Å². The number of aryl methyl sites for hydroxylation is 1. The van der Waals surface area contributed by atoms with Crippen LogP contribution in [-0.2, 0) is 6.61 Å². The fourth-order valence-electron chi connectivity index (χ4n) is 4.61. The summed E-state index contributed by atoms with van der Waals surface area (Å²) < 4.78 is 56.7. The Bertz CT molecular complexity index is 1730. The van der Waals surface area contributed by atoms with E-state index in [2.05, 4.69) is 9.84 Å². The molecule has 3 aromatic carbocycles. The first kappa shape index (κ1) is 28.0. The molecule has 5 rings (SSSR count). The lowest BCUT2D eigenvalue weighted by molar-refractivity contribution is -0.274. The molecule has 0 aliphatic heterocycles. The van der Waals surface area contributed by atoms with Crippen LogP contribution in [0.4, 0.5) is 18.0 Å². The summed E-state index contributed by atoms with van der Waals surface area (Å²) in [5.41, 5.74) is 4.48. The molecule has 212 valence electrons. The van der Waals surface area contributed by atoms with Crippen molar-refractivity contribution in [2.75, 3.05) is 0 Å². The Balaban J connectivity index is 1.40. The molecule has 0 saturated carbocycles. The van der Waals surface area contributed by atoms with Crippen LogP contribution in [0.15, 0.2) is 72.2 Å². The van der Waals surface area contributed by atoms with Gasteiger partial charge in [0.15, 0.2) is 11.5 Å². The Morgan fingerprint density at radius 1 is 1.07 bits per heavy atom. The van der Waals surface area contributed by atoms with Gasteiger partial charge in [0.2, 0.25) is 0 Å². The molecule has 0 aliphatic rings. The second kappa shape index (κ2) is 11.2. The average molecular weight is 583 g/mol. The molecule has 0 spiro atoms. The highest BCUT2D eigenvalue weighted by molar-refractivity contribution is 7.17. The van der Waals surface area contributed by atoms with Crippen molar-refractivity contribution in [2.45, 2.75) is 39.7 Å². The van der Waals surface area contributed by atoms with Gasteiger partial charge in [0.25, 0.3) is 0 Å². The van der Waals surface area contributed by atoms with Gasteiger partial charge in [-0.1, -0.05) is 38.1 Å². The minimum absolute atomic E-state index is 0.0516. The minimum atomic E-state index is -4.84. The van der Waals surface area contributed by atoms with Crippen LogP contribution in [0.2, 0.25) is 0 Å². The number of rotatable bonds is 8. The Kier molecular flexibility index (Phi) is 7.63. The number of carbonyl (C=O) groups is 1. The number of para-hydroxylation sites is 2. The lowest BCUT2D eigenvalue weighted by Crippen LogP contribution is -2.19. The monoisotopic (exact) mass is 582 g/mol. The van der Waals surface area contributed by atoms with Crippen LogP contribution in [0.25, 0.3) is 26.9 Å². The molecule has 7 nitrogen and oxygen atoms in total. The number of benzene rings is 3. The van der Waals surface area contributed by atoms with E-state index in [-0.39, 0.29) is 24.0 Å². The fraction of sp³-hybridized carbons (Fsp3) is 0.200. The van der Waals surface area contributed by atoms with Crippen LogP contribution >= 0.6 is 11.3 Å². The number of alkyl halides is 3. The minimum Gasteiger partial charge on any atom is -0.487 e. The number of hydrogen-bond acceptors (Lipinski definition) is 6. The molecule has 0 aliphatic carbocycles. The molecule has 0 amide bonds. The molecule has 0 unspecified atom stereocenters. The van der Waals surface area contributed by atoms with Crippen molar-refractivity contribution in [1.82, 2.24) is 9.78 Å². The van der Waals surface area contributed by atoms with Gasteiger partial charge < -0.3 is 19.3 Å². The maximum atomic E-state index is 13.1. The number of hydrogen-bond donors (Lipinski definition) is 1. The molecule has 0 atom stereocenters. The lowest BCUT2D eigenvalue weighted by atomic mass is 9.99. The van der Waals surface area contributed by atoms with Crippen LogP contribution in [0.5, 0.6) is 17.2 Å². The molecule has 0 saturated heterocycles. The second-order valence-electron chi connectivity index (χ2n) is 9.57. The quantitative estimate of drug-likeness (QED) is 0.184. The van der Waals surface area contributed by atoms with Gasteiger partial charge in [-0.2, -0.15) is 5.10 Å². The molecule has 5 aromatic rings. The zero-order valence-corrected chi connectivity index (χ0v) is 23.0. The average Bonchev–Trinajstić information content (AvgIpc) is 3.50. The topological polar surface area (TPSA) is 82.8 Å². The summed E-state index contributed by atoms with van der Waals surface area (Å²) in [4.78, 5) is 10.9. The summed E-state index contributed by atoms with van der Waals surface area (Å²) in [5, 5.41) is 15.7. The predicted octanol–water partition coefficient (Wildman–Crippen LogP) is 8.72. The van der Waals surface area contributed by atoms with Crippen molar-refractivity contribution in [1.29, 1.82) is 0 Å². The van der Waals surface area contributed by atoms with Gasteiger partial charge in [-0.05, 0) is 71.5 Å². The first-order valence-electron chi connectivity index (χ1n) is 12.6. The maximum Gasteiger partial charge on any atom is 0.573 e. The zero-order chi connectivity index (χ0) is 29.3. The van der Waals surface area contributed by atoms with E-state index in [0.717, 1.165) is 32.3 Å². The van der Waals surface area contributed by atoms with E-state index in [0.29, 0.717) is 17.2 Å². The van der Waals surface area contributed by atoms with Crippen LogP contribution in [0.1, 0.15) is 36.6 Å². The van der Waals surface area contributed by atoms with Crippen molar-refractivity contribution in [3.63, 3.8) is 0 Å². The second-order valence-corrected chi connectivity index (χ2v) is 10.5. The highest BCUT2D eigenvalue weighted by atomic mass is 32.1. The Labute approximate surface area is 237 Å². The predicted molar refractivity (Wildman–Crippen MR) is 149 cm³/mol. The van der Waals surface area contributed by atoms with E-state index in [1.165, 1.54) is 34.2 Å². The molecule has 0 bridgehead atoms. The number of aromatic nitrogens is 2. The standard InChI is InChI=1S/C30H25F3N2O5S/c1-17(2)23-14-34-35(24-6-4-5-7-26(24)40-30(31,32)33)25(23)15-38-20-9-11-21(18(3)12-20)19-8-10-22-27(39-29(36)37)16-41-28(22)13-19/h4-14,16-17H,15H2,1-3H3,(H,36,37). The fourth-order valence-corrected chi connectivity index (χ4v) is 5.51. The highest BCUT2D eigenvalue weighted by Gasteiger charge is 2.33. The number of carboxylic acid groups (broad SMARTS) is 1. The summed E-state index contributed by atoms with van der Waals surface area (Å²) in [7, 11) is 0. The first-order chi connectivity index (χ1) is 19.5. The Hall–Kier alpha value is -4.51. The number of nitrogens with zero attached hydrogens (tertiary/aromatic N) is 2. The van der Waals surface area contributed by atoms with Gasteiger partial charge in [-0.3, -0.25) is 0 Å². The molecule has 0 radical (unpaired) electrons. The van der Waals surface area contributed by atoms with E-state index in [1.807, 2.05) is 57.2 Å². The molecule has 11 heteroatoms. The van der Waals surface area contributed by atoms with E-state index < -0.39 is 12.5 Å². The summed E-state index contributed by atoms with van der Waals surface area (Å²) >= 11 is 1.39. The van der Waals surface area contributed by atoms with Gasteiger partial charge >= 0.3 is 12.5 Å². The Morgan fingerprint density at radius 2 is 1.85 bits per heavy atom. The van der Waals surface area contributed by atoms with Crippen LogP contribution < -0.4 is 14.2 Å². The third-order valence-corrected chi connectivity index (χ3v) is 7.39. The van der Waals surface area contributed by atoms with Crippen LogP contribution in [-0.4, -0.2) is 27.4 Å². The van der Waals surface area contributed by atoms with Gasteiger partial charge in [0.05, 0.1) is 11.9 Å². The van der Waals surface area contributed by atoms with E-state index >= 15 is 0 Å². The molecule has 2 aromatic heterocycles. The van der Waals surface area contributed by atoms with Crippen molar-refractivity contribution >= 4 is 27.6 Å². The molecule has 1 N–H and O–H groups in total. The summed E-state index contributed by atoms with van der Waals surface area (Å²) in [6.45, 7) is 5.97. The smallest absolute Gasteiger partial charge is 0.487 e. The third-order valence-electron chi connectivity index (χ3n) is 6.46. The largest absolute Gasteiger partial charge is 0.573 e. The lowest BCUT2D eigenvalue weighted by Gasteiger charge is -2.17. The molecule has 0 fully saturated rings. The number of fused-ring (bicyclic) bond motifs is 1. The highest BCUT2D eigenvalue weighted by Crippen LogP contribution is 2.37.